The van der Waals surface area contributed by atoms with Crippen molar-refractivity contribution < 1.29 is 0 Å². The van der Waals surface area contributed by atoms with E-state index in [9.17, 15) is 0 Å². The van der Waals surface area contributed by atoms with E-state index in [1.54, 1.807) is 0 Å². The van der Waals surface area contributed by atoms with Crippen LogP contribution in [0.3, 0.4) is 0 Å². The summed E-state index contributed by atoms with van der Waals surface area (Å²) in [6, 6.07) is 6.91. The summed E-state index contributed by atoms with van der Waals surface area (Å²) >= 11 is 0. The normalized spacial score (nSPS) is 17.7. The van der Waals surface area contributed by atoms with Crippen LogP contribution in [-0.4, -0.2) is 6.04 Å². The zero-order chi connectivity index (χ0) is 10.7. The Labute approximate surface area is 91.9 Å². The number of hydrogen-bond donors (Lipinski definition) is 2. The van der Waals surface area contributed by atoms with Gasteiger partial charge in [-0.05, 0) is 37.5 Å². The van der Waals surface area contributed by atoms with Gasteiger partial charge >= 0.3 is 0 Å². The van der Waals surface area contributed by atoms with E-state index in [4.69, 9.17) is 5.73 Å². The minimum atomic E-state index is 0.654. The molecule has 0 saturated heterocycles. The summed E-state index contributed by atoms with van der Waals surface area (Å²) in [5.41, 5.74) is 9.10. The second kappa shape index (κ2) is 4.56. The Morgan fingerprint density at radius 3 is 2.60 bits per heavy atom. The Hall–Kier alpha value is -1.18. The number of nitrogens with two attached hydrogens (primary N) is 1. The topological polar surface area (TPSA) is 38.0 Å². The molecular weight excluding hydrogens is 184 g/mol. The smallest absolute Gasteiger partial charge is 0.0364 e. The van der Waals surface area contributed by atoms with Gasteiger partial charge in [-0.25, -0.2) is 0 Å². The van der Waals surface area contributed by atoms with Crippen molar-refractivity contribution in [2.45, 2.75) is 45.1 Å². The van der Waals surface area contributed by atoms with Crippen LogP contribution in [0.25, 0.3) is 0 Å². The van der Waals surface area contributed by atoms with Crippen LogP contribution in [0.4, 0.5) is 11.4 Å². The van der Waals surface area contributed by atoms with E-state index in [0.29, 0.717) is 6.04 Å². The lowest BCUT2D eigenvalue weighted by molar-refractivity contribution is 0.463. The Morgan fingerprint density at radius 2 is 1.93 bits per heavy atom. The summed E-state index contributed by atoms with van der Waals surface area (Å²) in [7, 11) is 0. The fourth-order valence-corrected chi connectivity index (χ4v) is 2.21. The van der Waals surface area contributed by atoms with Crippen molar-refractivity contribution in [3.05, 3.63) is 23.8 Å². The average molecular weight is 204 g/mol. The molecule has 1 aliphatic carbocycles. The third kappa shape index (κ3) is 2.65. The molecule has 1 aromatic rings. The van der Waals surface area contributed by atoms with Crippen LogP contribution in [0.2, 0.25) is 0 Å². The third-order valence-corrected chi connectivity index (χ3v) is 3.26. The van der Waals surface area contributed by atoms with Gasteiger partial charge in [-0.3, -0.25) is 0 Å². The average Bonchev–Trinajstić information content (AvgIpc) is 2.25. The molecule has 0 atom stereocenters. The van der Waals surface area contributed by atoms with Crippen molar-refractivity contribution in [3.8, 4) is 0 Å². The van der Waals surface area contributed by atoms with Crippen LogP contribution >= 0.6 is 0 Å². The molecule has 0 amide bonds. The zero-order valence-corrected chi connectivity index (χ0v) is 9.42. The number of nitrogen functional groups attached to an aromatic ring is 1. The number of hydrogen-bond acceptors (Lipinski definition) is 2. The monoisotopic (exact) mass is 204 g/mol. The maximum absolute atomic E-state index is 5.89. The number of nitrogens with one attached hydrogen (secondary N) is 1. The van der Waals surface area contributed by atoms with Gasteiger partial charge < -0.3 is 11.1 Å². The van der Waals surface area contributed by atoms with Crippen molar-refractivity contribution in [3.63, 3.8) is 0 Å². The number of anilines is 2. The Bertz CT molecular complexity index is 327. The molecule has 1 fully saturated rings. The molecule has 82 valence electrons. The van der Waals surface area contributed by atoms with E-state index in [2.05, 4.69) is 17.4 Å². The third-order valence-electron chi connectivity index (χ3n) is 3.26. The molecule has 1 aromatic carbocycles. The van der Waals surface area contributed by atoms with E-state index in [1.165, 1.54) is 37.8 Å². The molecule has 1 saturated carbocycles. The van der Waals surface area contributed by atoms with Gasteiger partial charge in [-0.15, -0.1) is 0 Å². The lowest BCUT2D eigenvalue weighted by Crippen LogP contribution is -2.22. The predicted octanol–water partition coefficient (Wildman–Crippen LogP) is 3.32. The molecular formula is C13H20N2. The van der Waals surface area contributed by atoms with Gasteiger partial charge in [0.05, 0.1) is 0 Å². The number of aryl methyl sites for hydroxylation is 1. The highest BCUT2D eigenvalue weighted by Crippen LogP contribution is 2.23. The van der Waals surface area contributed by atoms with Gasteiger partial charge in [-0.2, -0.15) is 0 Å². The first-order valence-electron chi connectivity index (χ1n) is 5.88. The SMILES string of the molecule is Cc1ccc(NC2CCCCC2)cc1N. The molecule has 2 heteroatoms. The lowest BCUT2D eigenvalue weighted by atomic mass is 9.95. The van der Waals surface area contributed by atoms with Crippen molar-refractivity contribution in [2.75, 3.05) is 11.1 Å². The van der Waals surface area contributed by atoms with Crippen LogP contribution in [0.1, 0.15) is 37.7 Å². The number of rotatable bonds is 2. The molecule has 2 nitrogen and oxygen atoms in total. The first-order chi connectivity index (χ1) is 7.25. The molecule has 0 aliphatic heterocycles. The predicted molar refractivity (Wildman–Crippen MR) is 66.1 cm³/mol. The van der Waals surface area contributed by atoms with Gasteiger partial charge in [0, 0.05) is 17.4 Å². The van der Waals surface area contributed by atoms with Crippen LogP contribution in [0, 0.1) is 6.92 Å². The molecule has 15 heavy (non-hydrogen) atoms. The first-order valence-corrected chi connectivity index (χ1v) is 5.88. The molecule has 0 unspecified atom stereocenters. The molecule has 1 aliphatic rings. The largest absolute Gasteiger partial charge is 0.398 e. The van der Waals surface area contributed by atoms with E-state index >= 15 is 0 Å². The Morgan fingerprint density at radius 1 is 1.20 bits per heavy atom. The summed E-state index contributed by atoms with van der Waals surface area (Å²) < 4.78 is 0. The van der Waals surface area contributed by atoms with Crippen molar-refractivity contribution in [2.24, 2.45) is 0 Å². The highest BCUT2D eigenvalue weighted by Gasteiger charge is 2.12. The van der Waals surface area contributed by atoms with Gasteiger partial charge in [0.15, 0.2) is 0 Å². The fourth-order valence-electron chi connectivity index (χ4n) is 2.21. The van der Waals surface area contributed by atoms with Crippen molar-refractivity contribution in [1.82, 2.24) is 0 Å². The molecule has 0 heterocycles. The first kappa shape index (κ1) is 10.3. The fraction of sp³-hybridized carbons (Fsp3) is 0.538. The van der Waals surface area contributed by atoms with E-state index < -0.39 is 0 Å². The van der Waals surface area contributed by atoms with Crippen LogP contribution in [0.15, 0.2) is 18.2 Å². The van der Waals surface area contributed by atoms with Crippen molar-refractivity contribution >= 4 is 11.4 Å². The summed E-state index contributed by atoms with van der Waals surface area (Å²) in [5, 5.41) is 3.57. The lowest BCUT2D eigenvalue weighted by Gasteiger charge is -2.24. The second-order valence-electron chi connectivity index (χ2n) is 4.55. The second-order valence-corrected chi connectivity index (χ2v) is 4.55. The molecule has 2 rings (SSSR count). The van der Waals surface area contributed by atoms with Gasteiger partial charge in [-0.1, -0.05) is 25.3 Å². The summed E-state index contributed by atoms with van der Waals surface area (Å²) in [5.74, 6) is 0. The molecule has 0 spiro atoms. The standard InChI is InChI=1S/C13H20N2/c1-10-7-8-12(9-13(10)14)15-11-5-3-2-4-6-11/h7-9,11,15H,2-6,14H2,1H3. The molecule has 0 bridgehead atoms. The highest BCUT2D eigenvalue weighted by atomic mass is 14.9. The molecule has 3 N–H and O–H groups in total. The summed E-state index contributed by atoms with van der Waals surface area (Å²) in [4.78, 5) is 0. The maximum Gasteiger partial charge on any atom is 0.0364 e. The van der Waals surface area contributed by atoms with Crippen LogP contribution in [0.5, 0.6) is 0 Å². The van der Waals surface area contributed by atoms with Gasteiger partial charge in [0.1, 0.15) is 0 Å². The van der Waals surface area contributed by atoms with E-state index in [1.807, 2.05) is 13.0 Å². The molecule has 0 radical (unpaired) electrons. The van der Waals surface area contributed by atoms with Crippen LogP contribution < -0.4 is 11.1 Å². The Balaban J connectivity index is 2.00. The van der Waals surface area contributed by atoms with Gasteiger partial charge in [0.25, 0.3) is 0 Å². The quantitative estimate of drug-likeness (QED) is 0.725. The highest BCUT2D eigenvalue weighted by molar-refractivity contribution is 5.58. The van der Waals surface area contributed by atoms with Crippen molar-refractivity contribution in [1.29, 1.82) is 0 Å². The van der Waals surface area contributed by atoms with E-state index in [0.717, 1.165) is 11.3 Å². The van der Waals surface area contributed by atoms with E-state index in [-0.39, 0.29) is 0 Å². The maximum atomic E-state index is 5.89. The van der Waals surface area contributed by atoms with Crippen LogP contribution in [-0.2, 0) is 0 Å². The molecule has 0 aromatic heterocycles. The minimum Gasteiger partial charge on any atom is -0.398 e. The summed E-state index contributed by atoms with van der Waals surface area (Å²) in [6.45, 7) is 2.04. The minimum absolute atomic E-state index is 0.654. The zero-order valence-electron chi connectivity index (χ0n) is 9.42. The summed E-state index contributed by atoms with van der Waals surface area (Å²) in [6.07, 6.45) is 6.72. The number of benzene rings is 1. The Kier molecular flexibility index (Phi) is 3.14. The van der Waals surface area contributed by atoms with Gasteiger partial charge in [0.2, 0.25) is 0 Å².